The Balaban J connectivity index is 1.66. The van der Waals surface area contributed by atoms with Crippen molar-refractivity contribution in [3.63, 3.8) is 0 Å². The van der Waals surface area contributed by atoms with Crippen LogP contribution in [0.4, 0.5) is 4.79 Å². The standard InChI is InChI=1S/C21H21NO4S/c1-21(2,3)26-20(25)22-11-15(18(22)19(23)24)12-8-9-17-14(10-12)13-6-4-5-7-16(13)27-17/h4-10,15,18H,11H2,1-3H3,(H,23,24)/t15-,18-/m1/s1. The number of aliphatic carboxylic acids is 1. The molecule has 1 aromatic heterocycles. The lowest BCUT2D eigenvalue weighted by atomic mass is 9.82. The summed E-state index contributed by atoms with van der Waals surface area (Å²) in [6, 6.07) is 13.4. The molecule has 27 heavy (non-hydrogen) atoms. The van der Waals surface area contributed by atoms with Gasteiger partial charge in [-0.25, -0.2) is 9.59 Å². The Labute approximate surface area is 161 Å². The van der Waals surface area contributed by atoms with Crippen molar-refractivity contribution < 1.29 is 19.4 Å². The van der Waals surface area contributed by atoms with Crippen LogP contribution in [-0.4, -0.2) is 40.3 Å². The van der Waals surface area contributed by atoms with Gasteiger partial charge in [0.05, 0.1) is 0 Å². The average molecular weight is 383 g/mol. The maximum atomic E-state index is 12.3. The first kappa shape index (κ1) is 17.8. The van der Waals surface area contributed by atoms with Gasteiger partial charge in [0, 0.05) is 32.6 Å². The van der Waals surface area contributed by atoms with E-state index >= 15 is 0 Å². The third kappa shape index (κ3) is 3.14. The fourth-order valence-corrected chi connectivity index (χ4v) is 4.67. The van der Waals surface area contributed by atoms with E-state index in [-0.39, 0.29) is 5.92 Å². The molecule has 3 aromatic rings. The summed E-state index contributed by atoms with van der Waals surface area (Å²) in [5.74, 6) is -1.24. The number of fused-ring (bicyclic) bond motifs is 3. The van der Waals surface area contributed by atoms with Crippen molar-refractivity contribution in [1.82, 2.24) is 4.90 Å². The van der Waals surface area contributed by atoms with Gasteiger partial charge in [0.1, 0.15) is 11.6 Å². The molecule has 0 unspecified atom stereocenters. The third-order valence-corrected chi connectivity index (χ3v) is 5.97. The van der Waals surface area contributed by atoms with E-state index in [1.807, 2.05) is 24.3 Å². The van der Waals surface area contributed by atoms with E-state index < -0.39 is 23.7 Å². The van der Waals surface area contributed by atoms with Crippen LogP contribution < -0.4 is 0 Å². The number of amides is 1. The molecule has 0 radical (unpaired) electrons. The molecular formula is C21H21NO4S. The van der Waals surface area contributed by atoms with Crippen LogP contribution >= 0.6 is 11.3 Å². The molecule has 140 valence electrons. The van der Waals surface area contributed by atoms with Gasteiger partial charge in [0.2, 0.25) is 0 Å². The third-order valence-electron chi connectivity index (χ3n) is 4.82. The Morgan fingerprint density at radius 2 is 1.81 bits per heavy atom. The quantitative estimate of drug-likeness (QED) is 0.687. The van der Waals surface area contributed by atoms with Gasteiger partial charge in [-0.15, -0.1) is 11.3 Å². The first-order valence-electron chi connectivity index (χ1n) is 8.88. The molecule has 1 saturated heterocycles. The summed E-state index contributed by atoms with van der Waals surface area (Å²) in [7, 11) is 0. The minimum Gasteiger partial charge on any atom is -0.480 e. The summed E-state index contributed by atoms with van der Waals surface area (Å²) in [5.41, 5.74) is 0.290. The molecule has 5 nitrogen and oxygen atoms in total. The molecule has 1 N–H and O–H groups in total. The summed E-state index contributed by atoms with van der Waals surface area (Å²) in [6.07, 6.45) is -0.576. The Hall–Kier alpha value is -2.60. The lowest BCUT2D eigenvalue weighted by Gasteiger charge is -2.45. The molecule has 0 saturated carbocycles. The van der Waals surface area contributed by atoms with Crippen molar-refractivity contribution in [1.29, 1.82) is 0 Å². The van der Waals surface area contributed by atoms with Crippen molar-refractivity contribution in [2.75, 3.05) is 6.54 Å². The molecule has 1 aliphatic rings. The molecule has 0 bridgehead atoms. The highest BCUT2D eigenvalue weighted by Crippen LogP contribution is 2.40. The smallest absolute Gasteiger partial charge is 0.411 e. The summed E-state index contributed by atoms with van der Waals surface area (Å²) in [6.45, 7) is 5.66. The topological polar surface area (TPSA) is 66.8 Å². The summed E-state index contributed by atoms with van der Waals surface area (Å²) in [5, 5.41) is 12.0. The average Bonchev–Trinajstić information content (AvgIpc) is 2.89. The van der Waals surface area contributed by atoms with E-state index in [0.29, 0.717) is 6.54 Å². The molecule has 1 fully saturated rings. The number of hydrogen-bond donors (Lipinski definition) is 1. The lowest BCUT2D eigenvalue weighted by molar-refractivity contribution is -0.149. The summed E-state index contributed by atoms with van der Waals surface area (Å²) >= 11 is 1.73. The van der Waals surface area contributed by atoms with Crippen molar-refractivity contribution in [2.45, 2.75) is 38.3 Å². The van der Waals surface area contributed by atoms with E-state index in [9.17, 15) is 14.7 Å². The number of thiophene rings is 1. The SMILES string of the molecule is CC(C)(C)OC(=O)N1C[C@H](c2ccc3sc4ccccc4c3c2)[C@@H]1C(=O)O. The number of carbonyl (C=O) groups is 2. The van der Waals surface area contributed by atoms with Gasteiger partial charge < -0.3 is 9.84 Å². The lowest BCUT2D eigenvalue weighted by Crippen LogP contribution is -2.61. The zero-order valence-corrected chi connectivity index (χ0v) is 16.2. The fraction of sp³-hybridized carbons (Fsp3) is 0.333. The van der Waals surface area contributed by atoms with Crippen LogP contribution in [0.3, 0.4) is 0 Å². The fourth-order valence-electron chi connectivity index (χ4n) is 3.58. The minimum atomic E-state index is -1.01. The number of hydrogen-bond acceptors (Lipinski definition) is 4. The van der Waals surface area contributed by atoms with Gasteiger partial charge in [0.25, 0.3) is 0 Å². The second-order valence-corrected chi connectivity index (χ2v) is 8.96. The highest BCUT2D eigenvalue weighted by molar-refractivity contribution is 7.25. The van der Waals surface area contributed by atoms with Crippen molar-refractivity contribution >= 4 is 43.6 Å². The Morgan fingerprint density at radius 1 is 1.11 bits per heavy atom. The van der Waals surface area contributed by atoms with E-state index in [2.05, 4.69) is 18.2 Å². The van der Waals surface area contributed by atoms with Crippen molar-refractivity contribution in [2.24, 2.45) is 0 Å². The number of rotatable bonds is 2. The van der Waals surface area contributed by atoms with E-state index in [1.54, 1.807) is 32.1 Å². The van der Waals surface area contributed by atoms with Gasteiger partial charge in [-0.05, 0) is 44.5 Å². The number of nitrogens with zero attached hydrogens (tertiary/aromatic N) is 1. The van der Waals surface area contributed by atoms with Crippen LogP contribution in [0.1, 0.15) is 32.3 Å². The van der Waals surface area contributed by atoms with Gasteiger partial charge in [0.15, 0.2) is 0 Å². The molecule has 2 aromatic carbocycles. The Kier molecular flexibility index (Phi) is 4.11. The van der Waals surface area contributed by atoms with Gasteiger partial charge in [-0.3, -0.25) is 4.90 Å². The largest absolute Gasteiger partial charge is 0.480 e. The van der Waals surface area contributed by atoms with Crippen LogP contribution in [0, 0.1) is 0 Å². The number of benzene rings is 2. The highest BCUT2D eigenvalue weighted by atomic mass is 32.1. The molecule has 4 rings (SSSR count). The molecule has 0 aliphatic carbocycles. The van der Waals surface area contributed by atoms with Crippen LogP contribution in [0.5, 0.6) is 0 Å². The molecule has 1 aliphatic heterocycles. The second kappa shape index (κ2) is 6.23. The Morgan fingerprint density at radius 3 is 2.52 bits per heavy atom. The maximum Gasteiger partial charge on any atom is 0.411 e. The monoisotopic (exact) mass is 383 g/mol. The molecule has 1 amide bonds. The van der Waals surface area contributed by atoms with Crippen LogP contribution in [0.25, 0.3) is 20.2 Å². The number of carboxylic acids is 1. The number of carbonyl (C=O) groups excluding carboxylic acids is 1. The molecule has 2 heterocycles. The number of carboxylic acid groups (broad SMARTS) is 1. The summed E-state index contributed by atoms with van der Waals surface area (Å²) in [4.78, 5) is 25.4. The van der Waals surface area contributed by atoms with Crippen molar-refractivity contribution in [3.8, 4) is 0 Å². The van der Waals surface area contributed by atoms with E-state index in [4.69, 9.17) is 4.74 Å². The first-order chi connectivity index (χ1) is 12.7. The zero-order valence-electron chi connectivity index (χ0n) is 15.4. The maximum absolute atomic E-state index is 12.3. The molecule has 2 atom stereocenters. The second-order valence-electron chi connectivity index (χ2n) is 7.88. The number of likely N-dealkylation sites (tertiary alicyclic amines) is 1. The molecular weight excluding hydrogens is 362 g/mol. The van der Waals surface area contributed by atoms with Gasteiger partial charge in [-0.2, -0.15) is 0 Å². The van der Waals surface area contributed by atoms with Gasteiger partial charge in [-0.1, -0.05) is 24.3 Å². The zero-order chi connectivity index (χ0) is 19.3. The molecule has 0 spiro atoms. The van der Waals surface area contributed by atoms with Gasteiger partial charge >= 0.3 is 12.1 Å². The highest BCUT2D eigenvalue weighted by Gasteiger charge is 2.49. The Bertz CT molecular complexity index is 1050. The minimum absolute atomic E-state index is 0.238. The van der Waals surface area contributed by atoms with Crippen LogP contribution in [0.15, 0.2) is 42.5 Å². The van der Waals surface area contributed by atoms with Crippen LogP contribution in [0.2, 0.25) is 0 Å². The predicted molar refractivity (Wildman–Crippen MR) is 106 cm³/mol. The van der Waals surface area contributed by atoms with Crippen LogP contribution in [-0.2, 0) is 9.53 Å². The van der Waals surface area contributed by atoms with E-state index in [0.717, 1.165) is 10.9 Å². The first-order valence-corrected chi connectivity index (χ1v) is 9.70. The normalized spacial score (nSPS) is 19.9. The number of ether oxygens (including phenoxy) is 1. The summed E-state index contributed by atoms with van der Waals surface area (Å²) < 4.78 is 7.73. The molecule has 6 heteroatoms. The van der Waals surface area contributed by atoms with E-state index in [1.165, 1.54) is 19.7 Å². The van der Waals surface area contributed by atoms with Crippen molar-refractivity contribution in [3.05, 3.63) is 48.0 Å². The predicted octanol–water partition coefficient (Wildman–Crippen LogP) is 4.84.